The predicted octanol–water partition coefficient (Wildman–Crippen LogP) is 0.952. The van der Waals surface area contributed by atoms with E-state index in [-0.39, 0.29) is 24.1 Å². The maximum atomic E-state index is 12.2. The maximum absolute atomic E-state index is 12.2. The molecule has 0 saturated heterocycles. The number of carbonyl (C=O) groups excluding carboxylic acids is 1. The van der Waals surface area contributed by atoms with Crippen LogP contribution in [0.15, 0.2) is 29.1 Å². The largest absolute Gasteiger partial charge is 0.352 e. The fourth-order valence-electron chi connectivity index (χ4n) is 1.73. The third-order valence-corrected chi connectivity index (χ3v) is 3.31. The van der Waals surface area contributed by atoms with Crippen molar-refractivity contribution >= 4 is 16.8 Å². The van der Waals surface area contributed by atoms with Gasteiger partial charge < -0.3 is 5.32 Å². The topological polar surface area (TPSA) is 76.9 Å². The van der Waals surface area contributed by atoms with E-state index >= 15 is 0 Å². The summed E-state index contributed by atoms with van der Waals surface area (Å²) in [5.74, 6) is 0.0937. The highest BCUT2D eigenvalue weighted by molar-refractivity contribution is 5.78. The highest BCUT2D eigenvalue weighted by Gasteiger charge is 2.13. The van der Waals surface area contributed by atoms with Crippen LogP contribution in [0.1, 0.15) is 20.8 Å². The van der Waals surface area contributed by atoms with Gasteiger partial charge in [0.15, 0.2) is 0 Å². The number of rotatable bonds is 4. The minimum atomic E-state index is -0.303. The van der Waals surface area contributed by atoms with Gasteiger partial charge in [0, 0.05) is 6.04 Å². The summed E-state index contributed by atoms with van der Waals surface area (Å²) in [6, 6.07) is 6.99. The van der Waals surface area contributed by atoms with Crippen LogP contribution in [0, 0.1) is 5.92 Å². The van der Waals surface area contributed by atoms with Crippen molar-refractivity contribution in [2.24, 2.45) is 5.92 Å². The molecule has 1 aromatic carbocycles. The zero-order valence-electron chi connectivity index (χ0n) is 11.8. The molecule has 20 heavy (non-hydrogen) atoms. The average Bonchev–Trinajstić information content (AvgIpc) is 2.42. The Kier molecular flexibility index (Phi) is 4.12. The maximum Gasteiger partial charge on any atom is 0.278 e. The molecule has 1 heterocycles. The van der Waals surface area contributed by atoms with Crippen LogP contribution in [0.2, 0.25) is 0 Å². The van der Waals surface area contributed by atoms with Crippen molar-refractivity contribution in [1.82, 2.24) is 20.3 Å². The number of hydrogen-bond acceptors (Lipinski definition) is 4. The summed E-state index contributed by atoms with van der Waals surface area (Å²) in [6.07, 6.45) is 0. The van der Waals surface area contributed by atoms with Gasteiger partial charge >= 0.3 is 0 Å². The normalized spacial score (nSPS) is 12.6. The van der Waals surface area contributed by atoms with Crippen LogP contribution in [-0.2, 0) is 11.3 Å². The van der Waals surface area contributed by atoms with Gasteiger partial charge in [0.1, 0.15) is 12.1 Å². The fourth-order valence-corrected chi connectivity index (χ4v) is 1.73. The van der Waals surface area contributed by atoms with Gasteiger partial charge in [-0.05, 0) is 25.0 Å². The minimum Gasteiger partial charge on any atom is -0.352 e. The Morgan fingerprint density at radius 1 is 1.30 bits per heavy atom. The summed E-state index contributed by atoms with van der Waals surface area (Å²) in [6.45, 7) is 5.85. The molecule has 106 valence electrons. The summed E-state index contributed by atoms with van der Waals surface area (Å²) >= 11 is 0. The summed E-state index contributed by atoms with van der Waals surface area (Å²) in [4.78, 5) is 24.0. The van der Waals surface area contributed by atoms with E-state index in [4.69, 9.17) is 0 Å². The number of fused-ring (bicyclic) bond motifs is 1. The first-order valence-electron chi connectivity index (χ1n) is 6.61. The van der Waals surface area contributed by atoms with Crippen LogP contribution in [0.25, 0.3) is 10.9 Å². The quantitative estimate of drug-likeness (QED) is 0.900. The molecule has 0 radical (unpaired) electrons. The van der Waals surface area contributed by atoms with Gasteiger partial charge in [-0.3, -0.25) is 9.59 Å². The van der Waals surface area contributed by atoms with E-state index in [1.165, 1.54) is 0 Å². The van der Waals surface area contributed by atoms with E-state index in [1.54, 1.807) is 24.3 Å². The lowest BCUT2D eigenvalue weighted by Crippen LogP contribution is -2.40. The molecular weight excluding hydrogens is 256 g/mol. The Bertz CT molecular complexity index is 678. The third kappa shape index (κ3) is 3.01. The first-order valence-corrected chi connectivity index (χ1v) is 6.61. The first kappa shape index (κ1) is 14.2. The molecule has 0 fully saturated rings. The average molecular weight is 274 g/mol. The number of nitrogens with one attached hydrogen (secondary N) is 1. The number of nitrogens with zero attached hydrogens (tertiary/aromatic N) is 3. The predicted molar refractivity (Wildman–Crippen MR) is 76.2 cm³/mol. The molecule has 0 aliphatic heterocycles. The van der Waals surface area contributed by atoms with Crippen LogP contribution in [0.5, 0.6) is 0 Å². The van der Waals surface area contributed by atoms with E-state index in [0.29, 0.717) is 16.8 Å². The smallest absolute Gasteiger partial charge is 0.278 e. The summed E-state index contributed by atoms with van der Waals surface area (Å²) in [5.41, 5.74) is 0.229. The molecular formula is C14H18N4O2. The van der Waals surface area contributed by atoms with Gasteiger partial charge in [-0.2, -0.15) is 0 Å². The molecule has 1 aromatic heterocycles. The van der Waals surface area contributed by atoms with Gasteiger partial charge in [-0.15, -0.1) is 5.10 Å². The standard InChI is InChI=1S/C14H18N4O2/c1-9(2)10(3)15-13(19)8-18-14(20)11-6-4-5-7-12(11)16-17-18/h4-7,9-10H,8H2,1-3H3,(H,15,19)/t10-/m1/s1. The lowest BCUT2D eigenvalue weighted by atomic mass is 10.1. The van der Waals surface area contributed by atoms with Crippen LogP contribution in [-0.4, -0.2) is 26.9 Å². The van der Waals surface area contributed by atoms with Gasteiger partial charge in [-0.1, -0.05) is 31.2 Å². The molecule has 0 saturated carbocycles. The van der Waals surface area contributed by atoms with Crippen molar-refractivity contribution in [2.45, 2.75) is 33.4 Å². The van der Waals surface area contributed by atoms with E-state index in [2.05, 4.69) is 15.6 Å². The number of carbonyl (C=O) groups is 1. The van der Waals surface area contributed by atoms with Crippen LogP contribution < -0.4 is 10.9 Å². The monoisotopic (exact) mass is 274 g/mol. The highest BCUT2D eigenvalue weighted by Crippen LogP contribution is 2.03. The van der Waals surface area contributed by atoms with Crippen molar-refractivity contribution in [3.05, 3.63) is 34.6 Å². The molecule has 1 atom stereocenters. The van der Waals surface area contributed by atoms with E-state index in [0.717, 1.165) is 4.68 Å². The van der Waals surface area contributed by atoms with Crippen LogP contribution >= 0.6 is 0 Å². The van der Waals surface area contributed by atoms with E-state index in [1.807, 2.05) is 20.8 Å². The third-order valence-electron chi connectivity index (χ3n) is 3.31. The second-order valence-corrected chi connectivity index (χ2v) is 5.17. The van der Waals surface area contributed by atoms with Gasteiger partial charge in [0.05, 0.1) is 5.39 Å². The van der Waals surface area contributed by atoms with E-state index < -0.39 is 0 Å². The first-order chi connectivity index (χ1) is 9.49. The molecule has 0 spiro atoms. The lowest BCUT2D eigenvalue weighted by Gasteiger charge is -2.17. The number of amides is 1. The molecule has 0 unspecified atom stereocenters. The van der Waals surface area contributed by atoms with Crippen molar-refractivity contribution in [3.8, 4) is 0 Å². The molecule has 6 heteroatoms. The molecule has 2 aromatic rings. The summed E-state index contributed by atoms with van der Waals surface area (Å²) in [5, 5.41) is 11.0. The minimum absolute atomic E-state index is 0.0478. The highest BCUT2D eigenvalue weighted by atomic mass is 16.2. The summed E-state index contributed by atoms with van der Waals surface area (Å²) in [7, 11) is 0. The zero-order valence-corrected chi connectivity index (χ0v) is 11.8. The van der Waals surface area contributed by atoms with Crippen LogP contribution in [0.4, 0.5) is 0 Å². The van der Waals surface area contributed by atoms with Crippen molar-refractivity contribution in [3.63, 3.8) is 0 Å². The Morgan fingerprint density at radius 3 is 2.70 bits per heavy atom. The second kappa shape index (κ2) is 5.81. The Labute approximate surface area is 116 Å². The molecule has 0 bridgehead atoms. The van der Waals surface area contributed by atoms with Gasteiger partial charge in [0.25, 0.3) is 5.56 Å². The lowest BCUT2D eigenvalue weighted by molar-refractivity contribution is -0.122. The van der Waals surface area contributed by atoms with E-state index in [9.17, 15) is 9.59 Å². The molecule has 0 aliphatic carbocycles. The van der Waals surface area contributed by atoms with Crippen LogP contribution in [0.3, 0.4) is 0 Å². The molecule has 0 aliphatic rings. The molecule has 1 amide bonds. The Balaban J connectivity index is 2.20. The molecule has 6 nitrogen and oxygen atoms in total. The SMILES string of the molecule is CC(C)[C@@H](C)NC(=O)Cn1nnc2ccccc2c1=O. The Hall–Kier alpha value is -2.24. The zero-order chi connectivity index (χ0) is 14.7. The Morgan fingerprint density at radius 2 is 2.00 bits per heavy atom. The van der Waals surface area contributed by atoms with Gasteiger partial charge in [-0.25, -0.2) is 4.68 Å². The number of hydrogen-bond donors (Lipinski definition) is 1. The fraction of sp³-hybridized carbons (Fsp3) is 0.429. The van der Waals surface area contributed by atoms with Crippen molar-refractivity contribution in [1.29, 1.82) is 0 Å². The molecule has 1 N–H and O–H groups in total. The second-order valence-electron chi connectivity index (χ2n) is 5.17. The number of benzene rings is 1. The van der Waals surface area contributed by atoms with Crippen molar-refractivity contribution < 1.29 is 4.79 Å². The van der Waals surface area contributed by atoms with Gasteiger partial charge in [0.2, 0.25) is 5.91 Å². The van der Waals surface area contributed by atoms with Crippen molar-refractivity contribution in [2.75, 3.05) is 0 Å². The number of aromatic nitrogens is 3. The summed E-state index contributed by atoms with van der Waals surface area (Å²) < 4.78 is 1.09. The molecule has 2 rings (SSSR count).